The van der Waals surface area contributed by atoms with Crippen LogP contribution in [-0.2, 0) is 14.1 Å². The number of anilines is 1. The number of fused-ring (bicyclic) bond motifs is 1. The Morgan fingerprint density at radius 2 is 1.75 bits per heavy atom. The summed E-state index contributed by atoms with van der Waals surface area (Å²) in [6.07, 6.45) is 0. The number of H-pyrrole nitrogens is 1. The summed E-state index contributed by atoms with van der Waals surface area (Å²) in [4.78, 5) is 14.8. The standard InChI is InChI=1S/C25H32N6O/c1-6-31(7-2)14-13-26-24-22(23(27-28-24)19-10-8-9-17(3)15-19)18-11-12-20-21(16-18)30(5)25(32)29(20)4/h8-12,15-16H,6-7,13-14H2,1-5H3,(H2,26,27,28). The molecule has 4 aromatic rings. The predicted octanol–water partition coefficient (Wildman–Crippen LogP) is 4.00. The molecule has 0 amide bonds. The maximum absolute atomic E-state index is 12.4. The van der Waals surface area contributed by atoms with Crippen LogP contribution in [0.25, 0.3) is 33.4 Å². The van der Waals surface area contributed by atoms with E-state index in [2.05, 4.69) is 77.6 Å². The Morgan fingerprint density at radius 3 is 2.47 bits per heavy atom. The van der Waals surface area contributed by atoms with Crippen LogP contribution in [0.1, 0.15) is 19.4 Å². The predicted molar refractivity (Wildman–Crippen MR) is 132 cm³/mol. The molecule has 0 radical (unpaired) electrons. The minimum atomic E-state index is -0.0270. The molecule has 0 aliphatic rings. The van der Waals surface area contributed by atoms with Gasteiger partial charge in [-0.1, -0.05) is 43.7 Å². The molecule has 32 heavy (non-hydrogen) atoms. The van der Waals surface area contributed by atoms with E-state index in [1.165, 1.54) is 5.56 Å². The van der Waals surface area contributed by atoms with Gasteiger partial charge in [-0.3, -0.25) is 14.2 Å². The smallest absolute Gasteiger partial charge is 0.328 e. The van der Waals surface area contributed by atoms with Gasteiger partial charge in [0.1, 0.15) is 0 Å². The van der Waals surface area contributed by atoms with Gasteiger partial charge in [0.2, 0.25) is 0 Å². The first kappa shape index (κ1) is 21.9. The number of nitrogens with zero attached hydrogens (tertiary/aromatic N) is 4. The van der Waals surface area contributed by atoms with Gasteiger partial charge in [-0.05, 0) is 43.8 Å². The molecule has 0 aliphatic heterocycles. The summed E-state index contributed by atoms with van der Waals surface area (Å²) in [5.74, 6) is 0.828. The number of aromatic amines is 1. The monoisotopic (exact) mass is 432 g/mol. The van der Waals surface area contributed by atoms with E-state index in [0.717, 1.165) is 65.4 Å². The zero-order valence-electron chi connectivity index (χ0n) is 19.6. The number of benzene rings is 2. The SMILES string of the molecule is CCN(CC)CCNc1n[nH]c(-c2cccc(C)c2)c1-c1ccc2c(c1)n(C)c(=O)n2C. The molecule has 0 saturated heterocycles. The van der Waals surface area contributed by atoms with Crippen molar-refractivity contribution in [2.45, 2.75) is 20.8 Å². The number of imidazole rings is 1. The molecule has 0 bridgehead atoms. The summed E-state index contributed by atoms with van der Waals surface area (Å²) in [5.41, 5.74) is 7.09. The maximum atomic E-state index is 12.4. The van der Waals surface area contributed by atoms with E-state index < -0.39 is 0 Å². The highest BCUT2D eigenvalue weighted by molar-refractivity contribution is 5.92. The van der Waals surface area contributed by atoms with Gasteiger partial charge < -0.3 is 10.2 Å². The molecule has 2 aromatic carbocycles. The fourth-order valence-corrected chi connectivity index (χ4v) is 4.29. The normalized spacial score (nSPS) is 11.6. The minimum absolute atomic E-state index is 0.0270. The Bertz CT molecular complexity index is 1290. The van der Waals surface area contributed by atoms with Crippen LogP contribution in [0.4, 0.5) is 5.82 Å². The van der Waals surface area contributed by atoms with Crippen LogP contribution in [0.2, 0.25) is 0 Å². The van der Waals surface area contributed by atoms with Gasteiger partial charge in [-0.25, -0.2) is 4.79 Å². The molecular formula is C25H32N6O. The molecule has 0 saturated carbocycles. The van der Waals surface area contributed by atoms with E-state index in [0.29, 0.717) is 0 Å². The second kappa shape index (κ2) is 9.04. The molecule has 7 heteroatoms. The molecule has 0 fully saturated rings. The second-order valence-electron chi connectivity index (χ2n) is 8.25. The Labute approximate surface area is 188 Å². The average Bonchev–Trinajstić information content (AvgIpc) is 3.32. The number of aromatic nitrogens is 4. The number of likely N-dealkylation sites (N-methyl/N-ethyl adjacent to an activating group) is 1. The molecule has 2 N–H and O–H groups in total. The molecule has 0 spiro atoms. The molecule has 0 aliphatic carbocycles. The molecule has 2 heterocycles. The van der Waals surface area contributed by atoms with Crippen molar-refractivity contribution in [3.05, 3.63) is 58.5 Å². The molecule has 2 aromatic heterocycles. The van der Waals surface area contributed by atoms with Crippen molar-refractivity contribution in [3.8, 4) is 22.4 Å². The van der Waals surface area contributed by atoms with Gasteiger partial charge in [0.15, 0.2) is 5.82 Å². The lowest BCUT2D eigenvalue weighted by atomic mass is 9.99. The summed E-state index contributed by atoms with van der Waals surface area (Å²) in [6.45, 7) is 10.3. The largest absolute Gasteiger partial charge is 0.367 e. The molecule has 168 valence electrons. The van der Waals surface area contributed by atoms with Crippen LogP contribution in [0, 0.1) is 6.92 Å². The summed E-state index contributed by atoms with van der Waals surface area (Å²) in [7, 11) is 3.62. The van der Waals surface area contributed by atoms with E-state index >= 15 is 0 Å². The van der Waals surface area contributed by atoms with Crippen molar-refractivity contribution >= 4 is 16.9 Å². The highest BCUT2D eigenvalue weighted by Gasteiger charge is 2.19. The highest BCUT2D eigenvalue weighted by atomic mass is 16.1. The van der Waals surface area contributed by atoms with Gasteiger partial charge >= 0.3 is 5.69 Å². The lowest BCUT2D eigenvalue weighted by Gasteiger charge is -2.18. The van der Waals surface area contributed by atoms with Gasteiger partial charge in [-0.2, -0.15) is 5.10 Å². The topological polar surface area (TPSA) is 70.9 Å². The Morgan fingerprint density at radius 1 is 1.00 bits per heavy atom. The van der Waals surface area contributed by atoms with Gasteiger partial charge in [0.25, 0.3) is 0 Å². The van der Waals surface area contributed by atoms with Crippen molar-refractivity contribution < 1.29 is 0 Å². The Kier molecular flexibility index (Phi) is 6.19. The fraction of sp³-hybridized carbons (Fsp3) is 0.360. The number of rotatable bonds is 8. The number of hydrogen-bond acceptors (Lipinski definition) is 4. The zero-order valence-corrected chi connectivity index (χ0v) is 19.6. The summed E-state index contributed by atoms with van der Waals surface area (Å²) in [6, 6.07) is 14.6. The minimum Gasteiger partial charge on any atom is -0.367 e. The van der Waals surface area contributed by atoms with E-state index in [4.69, 9.17) is 0 Å². The van der Waals surface area contributed by atoms with Crippen LogP contribution < -0.4 is 11.0 Å². The average molecular weight is 433 g/mol. The maximum Gasteiger partial charge on any atom is 0.328 e. The number of aryl methyl sites for hydroxylation is 3. The molecule has 0 unspecified atom stereocenters. The summed E-state index contributed by atoms with van der Waals surface area (Å²) in [5, 5.41) is 11.4. The molecule has 4 rings (SSSR count). The third-order valence-electron chi connectivity index (χ3n) is 6.25. The first-order valence-electron chi connectivity index (χ1n) is 11.2. The van der Waals surface area contributed by atoms with Crippen molar-refractivity contribution in [3.63, 3.8) is 0 Å². The summed E-state index contributed by atoms with van der Waals surface area (Å²) < 4.78 is 3.37. The van der Waals surface area contributed by atoms with Crippen LogP contribution in [0.3, 0.4) is 0 Å². The first-order valence-corrected chi connectivity index (χ1v) is 11.2. The van der Waals surface area contributed by atoms with Crippen LogP contribution in [0.15, 0.2) is 47.3 Å². The van der Waals surface area contributed by atoms with Gasteiger partial charge in [-0.15, -0.1) is 0 Å². The third kappa shape index (κ3) is 3.96. The van der Waals surface area contributed by atoms with Crippen molar-refractivity contribution in [1.82, 2.24) is 24.2 Å². The van der Waals surface area contributed by atoms with Crippen LogP contribution >= 0.6 is 0 Å². The first-order chi connectivity index (χ1) is 15.4. The quantitative estimate of drug-likeness (QED) is 0.442. The van der Waals surface area contributed by atoms with Crippen molar-refractivity contribution in [2.24, 2.45) is 14.1 Å². The zero-order chi connectivity index (χ0) is 22.8. The van der Waals surface area contributed by atoms with E-state index in [1.54, 1.807) is 16.2 Å². The highest BCUT2D eigenvalue weighted by Crippen LogP contribution is 2.37. The number of hydrogen-bond donors (Lipinski definition) is 2. The van der Waals surface area contributed by atoms with E-state index in [9.17, 15) is 4.79 Å². The third-order valence-corrected chi connectivity index (χ3v) is 6.25. The van der Waals surface area contributed by atoms with Crippen molar-refractivity contribution in [2.75, 3.05) is 31.5 Å². The molecule has 7 nitrogen and oxygen atoms in total. The second-order valence-corrected chi connectivity index (χ2v) is 8.25. The summed E-state index contributed by atoms with van der Waals surface area (Å²) >= 11 is 0. The molecule has 0 atom stereocenters. The van der Waals surface area contributed by atoms with Crippen LogP contribution in [0.5, 0.6) is 0 Å². The van der Waals surface area contributed by atoms with E-state index in [1.807, 2.05) is 13.1 Å². The lowest BCUT2D eigenvalue weighted by Crippen LogP contribution is -2.28. The number of nitrogens with one attached hydrogen (secondary N) is 2. The van der Waals surface area contributed by atoms with Crippen molar-refractivity contribution in [1.29, 1.82) is 0 Å². The van der Waals surface area contributed by atoms with Crippen LogP contribution in [-0.4, -0.2) is 50.4 Å². The fourth-order valence-electron chi connectivity index (χ4n) is 4.29. The van der Waals surface area contributed by atoms with Gasteiger partial charge in [0.05, 0.1) is 22.3 Å². The van der Waals surface area contributed by atoms with E-state index in [-0.39, 0.29) is 5.69 Å². The Hall–Kier alpha value is -3.32. The molecular weight excluding hydrogens is 400 g/mol. The lowest BCUT2D eigenvalue weighted by molar-refractivity contribution is 0.316. The Balaban J connectivity index is 1.81. The van der Waals surface area contributed by atoms with Gasteiger partial charge in [0, 0.05) is 32.7 Å².